The monoisotopic (exact) mass is 423 g/mol. The number of benzene rings is 2. The van der Waals surface area contributed by atoms with Crippen molar-refractivity contribution in [1.29, 1.82) is 0 Å². The van der Waals surface area contributed by atoms with Crippen molar-refractivity contribution in [2.75, 3.05) is 13.7 Å². The van der Waals surface area contributed by atoms with Crippen molar-refractivity contribution in [2.45, 2.75) is 25.7 Å². The zero-order chi connectivity index (χ0) is 20.1. The lowest BCUT2D eigenvalue weighted by atomic mass is 10.00. The quantitative estimate of drug-likeness (QED) is 0.523. The molecular weight excluding hydrogens is 404 g/mol. The molecule has 3 rings (SSSR count). The van der Waals surface area contributed by atoms with E-state index in [0.717, 1.165) is 21.8 Å². The van der Waals surface area contributed by atoms with Gasteiger partial charge in [-0.3, -0.25) is 0 Å². The molecule has 7 heteroatoms. The Kier molecular flexibility index (Phi) is 6.99. The number of aryl methyl sites for hydroxylation is 2. The number of rotatable bonds is 8. The fourth-order valence-corrected chi connectivity index (χ4v) is 4.20. The molecule has 0 amide bonds. The summed E-state index contributed by atoms with van der Waals surface area (Å²) in [4.78, 5) is 0.910. The molecule has 28 heavy (non-hydrogen) atoms. The van der Waals surface area contributed by atoms with Gasteiger partial charge in [-0.25, -0.2) is 8.78 Å². The highest BCUT2D eigenvalue weighted by atomic mass is 35.5. The first-order valence-electron chi connectivity index (χ1n) is 8.90. The standard InChI is InChI=1S/C21H20ClF2NO2S/c1-27-16-9-6-15(7-10-16)20-17(21(22)25-28-20)11-8-14-5-4-13(3-2-12-26)18(23)19(14)24/h4-7,9-10,26H,2-3,8,11-12H2,1H3. The van der Waals surface area contributed by atoms with E-state index in [9.17, 15) is 8.78 Å². The smallest absolute Gasteiger partial charge is 0.162 e. The van der Waals surface area contributed by atoms with E-state index in [4.69, 9.17) is 21.4 Å². The number of aliphatic hydroxyl groups is 1. The SMILES string of the molecule is COc1ccc(-c2snc(Cl)c2CCc2ccc(CCCO)c(F)c2F)cc1. The maximum atomic E-state index is 14.4. The van der Waals surface area contributed by atoms with Crippen LogP contribution in [-0.4, -0.2) is 23.2 Å². The van der Waals surface area contributed by atoms with Gasteiger partial charge in [0.25, 0.3) is 0 Å². The number of methoxy groups -OCH3 is 1. The number of hydrogen-bond donors (Lipinski definition) is 1. The number of aromatic nitrogens is 1. The maximum Gasteiger partial charge on any atom is 0.162 e. The fourth-order valence-electron chi connectivity index (χ4n) is 3.02. The van der Waals surface area contributed by atoms with Crippen LogP contribution in [0.4, 0.5) is 8.78 Å². The largest absolute Gasteiger partial charge is 0.497 e. The van der Waals surface area contributed by atoms with E-state index in [1.54, 1.807) is 19.2 Å². The van der Waals surface area contributed by atoms with Gasteiger partial charge < -0.3 is 9.84 Å². The van der Waals surface area contributed by atoms with Gasteiger partial charge in [0, 0.05) is 12.2 Å². The lowest BCUT2D eigenvalue weighted by Gasteiger charge is -2.09. The molecule has 1 aromatic heterocycles. The molecule has 0 aliphatic heterocycles. The molecule has 0 saturated heterocycles. The van der Waals surface area contributed by atoms with Crippen LogP contribution in [0.1, 0.15) is 23.1 Å². The van der Waals surface area contributed by atoms with Crippen LogP contribution in [-0.2, 0) is 19.3 Å². The molecule has 0 aliphatic rings. The third-order valence-corrected chi connectivity index (χ3v) is 5.93. The Labute approximate surface area is 171 Å². The van der Waals surface area contributed by atoms with E-state index in [1.807, 2.05) is 24.3 Å². The summed E-state index contributed by atoms with van der Waals surface area (Å²) in [5.41, 5.74) is 2.35. The van der Waals surface area contributed by atoms with Crippen LogP contribution in [0.5, 0.6) is 5.75 Å². The van der Waals surface area contributed by atoms with Crippen LogP contribution in [0.3, 0.4) is 0 Å². The van der Waals surface area contributed by atoms with Gasteiger partial charge in [-0.1, -0.05) is 23.7 Å². The first-order valence-corrected chi connectivity index (χ1v) is 10.0. The van der Waals surface area contributed by atoms with Gasteiger partial charge in [-0.2, -0.15) is 4.37 Å². The molecule has 0 radical (unpaired) electrons. The lowest BCUT2D eigenvalue weighted by molar-refractivity contribution is 0.287. The Bertz CT molecular complexity index is 944. The molecule has 2 aromatic carbocycles. The number of hydrogen-bond acceptors (Lipinski definition) is 4. The van der Waals surface area contributed by atoms with Gasteiger partial charge >= 0.3 is 0 Å². The van der Waals surface area contributed by atoms with Crippen LogP contribution in [0.15, 0.2) is 36.4 Å². The zero-order valence-corrected chi connectivity index (χ0v) is 16.9. The molecule has 0 bridgehead atoms. The van der Waals surface area contributed by atoms with Crippen molar-refractivity contribution in [2.24, 2.45) is 0 Å². The Morgan fingerprint density at radius 1 is 1.00 bits per heavy atom. The minimum absolute atomic E-state index is 0.0550. The van der Waals surface area contributed by atoms with E-state index >= 15 is 0 Å². The molecule has 1 N–H and O–H groups in total. The maximum absolute atomic E-state index is 14.4. The average Bonchev–Trinajstić information content (AvgIpc) is 3.09. The molecule has 0 fully saturated rings. The highest BCUT2D eigenvalue weighted by Crippen LogP contribution is 2.35. The number of halogens is 3. The third kappa shape index (κ3) is 4.51. The second-order valence-corrected chi connectivity index (χ2v) is 7.48. The first kappa shape index (κ1) is 20.7. The van der Waals surface area contributed by atoms with Gasteiger partial charge in [0.05, 0.1) is 12.0 Å². The molecular formula is C21H20ClF2NO2S. The average molecular weight is 424 g/mol. The van der Waals surface area contributed by atoms with Crippen LogP contribution < -0.4 is 4.74 Å². The normalized spacial score (nSPS) is 11.0. The predicted molar refractivity (Wildman–Crippen MR) is 108 cm³/mol. The molecule has 3 nitrogen and oxygen atoms in total. The predicted octanol–water partition coefficient (Wildman–Crippen LogP) is 5.46. The zero-order valence-electron chi connectivity index (χ0n) is 15.3. The van der Waals surface area contributed by atoms with Crippen LogP contribution in [0.25, 0.3) is 10.4 Å². The van der Waals surface area contributed by atoms with Crippen LogP contribution in [0, 0.1) is 11.6 Å². The minimum Gasteiger partial charge on any atom is -0.497 e. The highest BCUT2D eigenvalue weighted by molar-refractivity contribution is 7.10. The summed E-state index contributed by atoms with van der Waals surface area (Å²) in [6.07, 6.45) is 1.46. The lowest BCUT2D eigenvalue weighted by Crippen LogP contribution is -2.02. The molecule has 0 saturated carbocycles. The van der Waals surface area contributed by atoms with Gasteiger partial charge in [0.15, 0.2) is 11.6 Å². The van der Waals surface area contributed by atoms with Crippen molar-refractivity contribution in [3.8, 4) is 16.2 Å². The van der Waals surface area contributed by atoms with E-state index in [1.165, 1.54) is 11.5 Å². The second kappa shape index (κ2) is 9.45. The van der Waals surface area contributed by atoms with Crippen LogP contribution in [0.2, 0.25) is 5.15 Å². The minimum atomic E-state index is -0.837. The molecule has 148 valence electrons. The van der Waals surface area contributed by atoms with Crippen molar-refractivity contribution in [3.63, 3.8) is 0 Å². The van der Waals surface area contributed by atoms with E-state index in [-0.39, 0.29) is 12.2 Å². The molecule has 3 aromatic rings. The summed E-state index contributed by atoms with van der Waals surface area (Å²) in [6, 6.07) is 10.7. The number of nitrogens with zero attached hydrogens (tertiary/aromatic N) is 1. The summed E-state index contributed by atoms with van der Waals surface area (Å²) in [5, 5.41) is 9.25. The Morgan fingerprint density at radius 2 is 1.64 bits per heavy atom. The Morgan fingerprint density at radius 3 is 2.25 bits per heavy atom. The van der Waals surface area contributed by atoms with Crippen molar-refractivity contribution < 1.29 is 18.6 Å². The van der Waals surface area contributed by atoms with E-state index < -0.39 is 11.6 Å². The van der Waals surface area contributed by atoms with Crippen molar-refractivity contribution in [1.82, 2.24) is 4.37 Å². The molecule has 0 aliphatic carbocycles. The van der Waals surface area contributed by atoms with Crippen LogP contribution >= 0.6 is 23.1 Å². The van der Waals surface area contributed by atoms with Crippen molar-refractivity contribution >= 4 is 23.1 Å². The fraction of sp³-hybridized carbons (Fsp3) is 0.286. The summed E-state index contributed by atoms with van der Waals surface area (Å²) < 4.78 is 38.1. The first-order chi connectivity index (χ1) is 13.5. The molecule has 1 heterocycles. The van der Waals surface area contributed by atoms with Gasteiger partial charge in [-0.05, 0) is 78.2 Å². The summed E-state index contributed by atoms with van der Waals surface area (Å²) >= 11 is 7.54. The third-order valence-electron chi connectivity index (χ3n) is 4.58. The topological polar surface area (TPSA) is 42.4 Å². The molecule has 0 spiro atoms. The Hall–Kier alpha value is -2.02. The van der Waals surface area contributed by atoms with E-state index in [0.29, 0.717) is 36.4 Å². The van der Waals surface area contributed by atoms with E-state index in [2.05, 4.69) is 4.37 Å². The summed E-state index contributed by atoms with van der Waals surface area (Å²) in [6.45, 7) is -0.0550. The number of aliphatic hydroxyl groups excluding tert-OH is 1. The van der Waals surface area contributed by atoms with Gasteiger partial charge in [0.2, 0.25) is 0 Å². The summed E-state index contributed by atoms with van der Waals surface area (Å²) in [7, 11) is 1.60. The van der Waals surface area contributed by atoms with Crippen molar-refractivity contribution in [3.05, 3.63) is 69.9 Å². The Balaban J connectivity index is 1.80. The number of ether oxygens (including phenoxy) is 1. The van der Waals surface area contributed by atoms with Gasteiger partial charge in [0.1, 0.15) is 10.9 Å². The summed E-state index contributed by atoms with van der Waals surface area (Å²) in [5.74, 6) is -0.920. The highest BCUT2D eigenvalue weighted by Gasteiger charge is 2.17. The van der Waals surface area contributed by atoms with Gasteiger partial charge in [-0.15, -0.1) is 0 Å². The molecule has 0 atom stereocenters. The molecule has 0 unspecified atom stereocenters. The second-order valence-electron chi connectivity index (χ2n) is 6.35.